The zero-order chi connectivity index (χ0) is 14.8. The van der Waals surface area contributed by atoms with Gasteiger partial charge in [0.15, 0.2) is 0 Å². The van der Waals surface area contributed by atoms with Crippen molar-refractivity contribution in [1.82, 2.24) is 0 Å². The molecule has 20 heavy (non-hydrogen) atoms. The van der Waals surface area contributed by atoms with E-state index < -0.39 is 12.6 Å². The summed E-state index contributed by atoms with van der Waals surface area (Å²) in [5.74, 6) is 0. The molecular weight excluding hydrogens is 261 g/mol. The molecule has 114 valence electrons. The number of aryl methyl sites for hydroxylation is 2. The van der Waals surface area contributed by atoms with E-state index in [0.29, 0.717) is 0 Å². The number of alkyl halides is 3. The molecule has 0 fully saturated rings. The van der Waals surface area contributed by atoms with Gasteiger partial charge in [-0.1, -0.05) is 63.3 Å². The van der Waals surface area contributed by atoms with E-state index in [1.165, 1.54) is 32.1 Å². The van der Waals surface area contributed by atoms with Gasteiger partial charge in [0, 0.05) is 6.42 Å². The molecular formula is C17H25F3. The molecule has 0 unspecified atom stereocenters. The van der Waals surface area contributed by atoms with Gasteiger partial charge in [0.05, 0.1) is 0 Å². The standard InChI is InChI=1S/C17H25F3/c1-2-3-4-5-6-7-10-15-11-8-9-12-16(15)13-14-17(18,19)20/h8-9,11-12H,2-7,10,13-14H2,1H3. The van der Waals surface area contributed by atoms with E-state index in [1.54, 1.807) is 0 Å². The van der Waals surface area contributed by atoms with Gasteiger partial charge in [-0.25, -0.2) is 0 Å². The Morgan fingerprint density at radius 1 is 0.800 bits per heavy atom. The molecule has 0 amide bonds. The first-order valence-corrected chi connectivity index (χ1v) is 7.66. The summed E-state index contributed by atoms with van der Waals surface area (Å²) in [4.78, 5) is 0. The van der Waals surface area contributed by atoms with Crippen molar-refractivity contribution >= 4 is 0 Å². The van der Waals surface area contributed by atoms with Gasteiger partial charge in [0.2, 0.25) is 0 Å². The molecule has 0 aliphatic heterocycles. The molecule has 0 heterocycles. The minimum absolute atomic E-state index is 0.107. The fraction of sp³-hybridized carbons (Fsp3) is 0.647. The van der Waals surface area contributed by atoms with Gasteiger partial charge in [-0.05, 0) is 30.4 Å². The normalized spacial score (nSPS) is 11.8. The Morgan fingerprint density at radius 3 is 1.95 bits per heavy atom. The molecule has 1 aromatic carbocycles. The molecule has 0 atom stereocenters. The highest BCUT2D eigenvalue weighted by Gasteiger charge is 2.26. The van der Waals surface area contributed by atoms with Crippen LogP contribution >= 0.6 is 0 Å². The molecule has 0 nitrogen and oxygen atoms in total. The van der Waals surface area contributed by atoms with Crippen molar-refractivity contribution in [3.8, 4) is 0 Å². The Bertz CT molecular complexity index is 369. The van der Waals surface area contributed by atoms with Gasteiger partial charge < -0.3 is 0 Å². The number of benzene rings is 1. The van der Waals surface area contributed by atoms with Crippen molar-refractivity contribution < 1.29 is 13.2 Å². The minimum atomic E-state index is -4.06. The fourth-order valence-corrected chi connectivity index (χ4v) is 2.42. The Morgan fingerprint density at radius 2 is 1.35 bits per heavy atom. The molecule has 0 saturated carbocycles. The monoisotopic (exact) mass is 286 g/mol. The van der Waals surface area contributed by atoms with Crippen molar-refractivity contribution in [2.45, 2.75) is 70.9 Å². The maximum absolute atomic E-state index is 12.3. The number of hydrogen-bond donors (Lipinski definition) is 0. The Kier molecular flexibility index (Phi) is 7.71. The number of rotatable bonds is 9. The summed E-state index contributed by atoms with van der Waals surface area (Å²) in [6.45, 7) is 2.19. The van der Waals surface area contributed by atoms with Crippen LogP contribution in [0.25, 0.3) is 0 Å². The van der Waals surface area contributed by atoms with Crippen molar-refractivity contribution in [2.24, 2.45) is 0 Å². The molecule has 0 aliphatic carbocycles. The van der Waals surface area contributed by atoms with Gasteiger partial charge in [-0.15, -0.1) is 0 Å². The third kappa shape index (κ3) is 7.56. The molecule has 0 N–H and O–H groups in total. The second-order valence-electron chi connectivity index (χ2n) is 5.40. The Hall–Kier alpha value is -0.990. The summed E-state index contributed by atoms with van der Waals surface area (Å²) in [5.41, 5.74) is 1.95. The van der Waals surface area contributed by atoms with E-state index >= 15 is 0 Å². The van der Waals surface area contributed by atoms with Gasteiger partial charge in [-0.2, -0.15) is 13.2 Å². The SMILES string of the molecule is CCCCCCCCc1ccccc1CCC(F)(F)F. The average Bonchev–Trinajstić information content (AvgIpc) is 2.40. The maximum atomic E-state index is 12.3. The predicted molar refractivity (Wildman–Crippen MR) is 77.9 cm³/mol. The lowest BCUT2D eigenvalue weighted by Crippen LogP contribution is -2.09. The predicted octanol–water partition coefficient (Wildman–Crippen LogP) is 6.08. The highest BCUT2D eigenvalue weighted by atomic mass is 19.4. The highest BCUT2D eigenvalue weighted by molar-refractivity contribution is 5.27. The highest BCUT2D eigenvalue weighted by Crippen LogP contribution is 2.24. The third-order valence-electron chi connectivity index (χ3n) is 3.60. The second kappa shape index (κ2) is 9.04. The maximum Gasteiger partial charge on any atom is 0.389 e. The van der Waals surface area contributed by atoms with Gasteiger partial charge in [0.1, 0.15) is 0 Å². The lowest BCUT2D eigenvalue weighted by atomic mass is 9.97. The first kappa shape index (κ1) is 17.1. The molecule has 3 heteroatoms. The Balaban J connectivity index is 2.37. The van der Waals surface area contributed by atoms with Gasteiger partial charge in [0.25, 0.3) is 0 Å². The van der Waals surface area contributed by atoms with Gasteiger partial charge in [-0.3, -0.25) is 0 Å². The van der Waals surface area contributed by atoms with Crippen LogP contribution in [0.5, 0.6) is 0 Å². The first-order valence-electron chi connectivity index (χ1n) is 7.66. The van der Waals surface area contributed by atoms with Crippen LogP contribution in [0.4, 0.5) is 13.2 Å². The van der Waals surface area contributed by atoms with Crippen molar-refractivity contribution in [2.75, 3.05) is 0 Å². The van der Waals surface area contributed by atoms with Crippen molar-refractivity contribution in [3.63, 3.8) is 0 Å². The quantitative estimate of drug-likeness (QED) is 0.482. The largest absolute Gasteiger partial charge is 0.389 e. The van der Waals surface area contributed by atoms with E-state index in [4.69, 9.17) is 0 Å². The van der Waals surface area contributed by atoms with Crippen molar-refractivity contribution in [3.05, 3.63) is 35.4 Å². The van der Waals surface area contributed by atoms with E-state index in [2.05, 4.69) is 6.92 Å². The smallest absolute Gasteiger partial charge is 0.171 e. The van der Waals surface area contributed by atoms with Crippen molar-refractivity contribution in [1.29, 1.82) is 0 Å². The van der Waals surface area contributed by atoms with Crippen LogP contribution in [0, 0.1) is 0 Å². The molecule has 0 bridgehead atoms. The summed E-state index contributed by atoms with van der Waals surface area (Å²) in [5, 5.41) is 0. The van der Waals surface area contributed by atoms with Crippen LogP contribution in [0.1, 0.15) is 63.0 Å². The van der Waals surface area contributed by atoms with Gasteiger partial charge >= 0.3 is 6.18 Å². The van der Waals surface area contributed by atoms with E-state index in [0.717, 1.165) is 24.0 Å². The summed E-state index contributed by atoms with van der Waals surface area (Å²) >= 11 is 0. The minimum Gasteiger partial charge on any atom is -0.171 e. The summed E-state index contributed by atoms with van der Waals surface area (Å²) in [7, 11) is 0. The number of hydrogen-bond acceptors (Lipinski definition) is 0. The molecule has 1 rings (SSSR count). The number of halogens is 3. The van der Waals surface area contributed by atoms with Crippen LogP contribution < -0.4 is 0 Å². The lowest BCUT2D eigenvalue weighted by molar-refractivity contribution is -0.134. The van der Waals surface area contributed by atoms with E-state index in [-0.39, 0.29) is 6.42 Å². The van der Waals surface area contributed by atoms with Crippen LogP contribution in [0.3, 0.4) is 0 Å². The van der Waals surface area contributed by atoms with Crippen LogP contribution in [0.2, 0.25) is 0 Å². The molecule has 0 aromatic heterocycles. The average molecular weight is 286 g/mol. The molecule has 0 radical (unpaired) electrons. The van der Waals surface area contributed by atoms with E-state index in [9.17, 15) is 13.2 Å². The Labute approximate surface area is 120 Å². The zero-order valence-electron chi connectivity index (χ0n) is 12.3. The third-order valence-corrected chi connectivity index (χ3v) is 3.60. The topological polar surface area (TPSA) is 0 Å². The van der Waals surface area contributed by atoms with Crippen LogP contribution in [-0.4, -0.2) is 6.18 Å². The summed E-state index contributed by atoms with van der Waals surface area (Å²) in [6, 6.07) is 7.55. The fourth-order valence-electron chi connectivity index (χ4n) is 2.42. The molecule has 0 aliphatic rings. The molecule has 1 aromatic rings. The number of unbranched alkanes of at least 4 members (excludes halogenated alkanes) is 5. The first-order chi connectivity index (χ1) is 9.53. The van der Waals surface area contributed by atoms with Crippen LogP contribution in [0.15, 0.2) is 24.3 Å². The zero-order valence-corrected chi connectivity index (χ0v) is 12.3. The van der Waals surface area contributed by atoms with E-state index in [1.807, 2.05) is 24.3 Å². The summed E-state index contributed by atoms with van der Waals surface area (Å²) < 4.78 is 36.9. The second-order valence-corrected chi connectivity index (χ2v) is 5.40. The van der Waals surface area contributed by atoms with Crippen LogP contribution in [-0.2, 0) is 12.8 Å². The summed E-state index contributed by atoms with van der Waals surface area (Å²) in [6.07, 6.45) is 3.50. The molecule has 0 saturated heterocycles. The molecule has 0 spiro atoms. The lowest BCUT2D eigenvalue weighted by Gasteiger charge is -2.11.